The SMILES string of the molecule is CCOC(=O)C1CCCN(C(=O)c2cc(C(C)C)nc3onc(C)c23)C1. The maximum absolute atomic E-state index is 13.2. The van der Waals surface area contributed by atoms with Gasteiger partial charge in [0.05, 0.1) is 29.2 Å². The first-order chi connectivity index (χ1) is 12.4. The molecule has 2 aromatic rings. The monoisotopic (exact) mass is 359 g/mol. The molecule has 1 saturated heterocycles. The zero-order chi connectivity index (χ0) is 18.8. The van der Waals surface area contributed by atoms with Crippen molar-refractivity contribution in [3.63, 3.8) is 0 Å². The Morgan fingerprint density at radius 3 is 2.88 bits per heavy atom. The molecule has 2 aromatic heterocycles. The van der Waals surface area contributed by atoms with Crippen LogP contribution in [0.2, 0.25) is 0 Å². The van der Waals surface area contributed by atoms with E-state index in [9.17, 15) is 9.59 Å². The van der Waals surface area contributed by atoms with Crippen LogP contribution in [0.1, 0.15) is 61.3 Å². The lowest BCUT2D eigenvalue weighted by Gasteiger charge is -2.31. The number of nitrogens with zero attached hydrogens (tertiary/aromatic N) is 3. The summed E-state index contributed by atoms with van der Waals surface area (Å²) in [6.07, 6.45) is 1.53. The number of piperidine rings is 1. The van der Waals surface area contributed by atoms with Crippen molar-refractivity contribution >= 4 is 23.0 Å². The number of rotatable bonds is 4. The van der Waals surface area contributed by atoms with Gasteiger partial charge in [0.25, 0.3) is 11.6 Å². The van der Waals surface area contributed by atoms with E-state index in [2.05, 4.69) is 10.1 Å². The van der Waals surface area contributed by atoms with Crippen LogP contribution in [-0.4, -0.2) is 46.6 Å². The van der Waals surface area contributed by atoms with E-state index in [0.29, 0.717) is 42.1 Å². The first kappa shape index (κ1) is 18.4. The normalized spacial score (nSPS) is 17.7. The Morgan fingerprint density at radius 2 is 2.19 bits per heavy atom. The fraction of sp³-hybridized carbons (Fsp3) is 0.579. The number of hydrogen-bond donors (Lipinski definition) is 0. The quantitative estimate of drug-likeness (QED) is 0.780. The summed E-state index contributed by atoms with van der Waals surface area (Å²) in [7, 11) is 0. The lowest BCUT2D eigenvalue weighted by atomic mass is 9.96. The van der Waals surface area contributed by atoms with E-state index in [1.165, 1.54) is 0 Å². The predicted octanol–water partition coefficient (Wildman–Crippen LogP) is 3.07. The molecule has 140 valence electrons. The van der Waals surface area contributed by atoms with Gasteiger partial charge in [-0.25, -0.2) is 4.98 Å². The Kier molecular flexibility index (Phi) is 5.25. The molecule has 0 N–H and O–H groups in total. The van der Waals surface area contributed by atoms with Crippen molar-refractivity contribution in [1.29, 1.82) is 0 Å². The first-order valence-electron chi connectivity index (χ1n) is 9.15. The number of pyridine rings is 1. The van der Waals surface area contributed by atoms with E-state index in [-0.39, 0.29) is 23.7 Å². The van der Waals surface area contributed by atoms with Gasteiger partial charge in [0.15, 0.2) is 0 Å². The van der Waals surface area contributed by atoms with E-state index >= 15 is 0 Å². The second-order valence-electron chi connectivity index (χ2n) is 7.04. The van der Waals surface area contributed by atoms with Crippen molar-refractivity contribution < 1.29 is 18.8 Å². The third-order valence-corrected chi connectivity index (χ3v) is 4.79. The van der Waals surface area contributed by atoms with Gasteiger partial charge >= 0.3 is 5.97 Å². The summed E-state index contributed by atoms with van der Waals surface area (Å²) in [6.45, 7) is 8.98. The van der Waals surface area contributed by atoms with Gasteiger partial charge in [0.1, 0.15) is 0 Å². The number of fused-ring (bicyclic) bond motifs is 1. The van der Waals surface area contributed by atoms with E-state index in [1.807, 2.05) is 19.9 Å². The highest BCUT2D eigenvalue weighted by Gasteiger charge is 2.31. The number of carbonyl (C=O) groups excluding carboxylic acids is 2. The molecule has 0 aliphatic carbocycles. The van der Waals surface area contributed by atoms with Crippen LogP contribution in [0.3, 0.4) is 0 Å². The van der Waals surface area contributed by atoms with Gasteiger partial charge in [-0.05, 0) is 38.7 Å². The molecule has 1 aliphatic heterocycles. The second kappa shape index (κ2) is 7.43. The maximum atomic E-state index is 13.2. The summed E-state index contributed by atoms with van der Waals surface area (Å²) in [5, 5.41) is 4.62. The van der Waals surface area contributed by atoms with Crippen LogP contribution in [0.15, 0.2) is 10.6 Å². The number of likely N-dealkylation sites (tertiary alicyclic amines) is 1. The highest BCUT2D eigenvalue weighted by Crippen LogP contribution is 2.28. The highest BCUT2D eigenvalue weighted by molar-refractivity contribution is 6.06. The summed E-state index contributed by atoms with van der Waals surface area (Å²) >= 11 is 0. The number of carbonyl (C=O) groups is 2. The summed E-state index contributed by atoms with van der Waals surface area (Å²) in [6, 6.07) is 1.83. The third kappa shape index (κ3) is 3.43. The summed E-state index contributed by atoms with van der Waals surface area (Å²) in [5.74, 6) is -0.448. The second-order valence-corrected chi connectivity index (χ2v) is 7.04. The molecule has 1 aliphatic rings. The van der Waals surface area contributed by atoms with Crippen LogP contribution in [0.25, 0.3) is 11.1 Å². The van der Waals surface area contributed by atoms with Gasteiger partial charge in [-0.15, -0.1) is 0 Å². The van der Waals surface area contributed by atoms with Crippen LogP contribution in [0.5, 0.6) is 0 Å². The molecule has 0 aromatic carbocycles. The van der Waals surface area contributed by atoms with E-state index in [4.69, 9.17) is 9.26 Å². The molecule has 0 radical (unpaired) electrons. The molecular formula is C19H25N3O4. The third-order valence-electron chi connectivity index (χ3n) is 4.79. The van der Waals surface area contributed by atoms with Gasteiger partial charge in [0, 0.05) is 18.8 Å². The van der Waals surface area contributed by atoms with Crippen LogP contribution >= 0.6 is 0 Å². The molecular weight excluding hydrogens is 334 g/mol. The smallest absolute Gasteiger partial charge is 0.310 e. The fourth-order valence-corrected chi connectivity index (χ4v) is 3.36. The van der Waals surface area contributed by atoms with Crippen molar-refractivity contribution in [2.45, 2.75) is 46.5 Å². The Morgan fingerprint density at radius 1 is 1.42 bits per heavy atom. The van der Waals surface area contributed by atoms with Crippen molar-refractivity contribution in [2.24, 2.45) is 5.92 Å². The Balaban J connectivity index is 1.94. The summed E-state index contributed by atoms with van der Waals surface area (Å²) in [4.78, 5) is 31.5. The average molecular weight is 359 g/mol. The average Bonchev–Trinajstić information content (AvgIpc) is 3.02. The molecule has 0 saturated carbocycles. The molecule has 1 fully saturated rings. The minimum Gasteiger partial charge on any atom is -0.466 e. The Labute approximate surface area is 152 Å². The van der Waals surface area contributed by atoms with E-state index < -0.39 is 0 Å². The van der Waals surface area contributed by atoms with Crippen LogP contribution in [-0.2, 0) is 9.53 Å². The van der Waals surface area contributed by atoms with Gasteiger partial charge in [-0.1, -0.05) is 19.0 Å². The molecule has 1 atom stereocenters. The molecule has 1 amide bonds. The zero-order valence-electron chi connectivity index (χ0n) is 15.7. The van der Waals surface area contributed by atoms with Gasteiger partial charge in [-0.2, -0.15) is 0 Å². The summed E-state index contributed by atoms with van der Waals surface area (Å²) < 4.78 is 10.4. The molecule has 1 unspecified atom stereocenters. The molecule has 7 heteroatoms. The highest BCUT2D eigenvalue weighted by atomic mass is 16.5. The van der Waals surface area contributed by atoms with Crippen molar-refractivity contribution in [3.8, 4) is 0 Å². The largest absolute Gasteiger partial charge is 0.466 e. The van der Waals surface area contributed by atoms with Gasteiger partial charge in [0.2, 0.25) is 0 Å². The van der Waals surface area contributed by atoms with Crippen molar-refractivity contribution in [3.05, 3.63) is 23.0 Å². The maximum Gasteiger partial charge on any atom is 0.310 e. The lowest BCUT2D eigenvalue weighted by Crippen LogP contribution is -2.43. The van der Waals surface area contributed by atoms with E-state index in [1.54, 1.807) is 18.7 Å². The molecule has 3 rings (SSSR count). The number of amides is 1. The van der Waals surface area contributed by atoms with Gasteiger partial charge < -0.3 is 14.2 Å². The molecule has 26 heavy (non-hydrogen) atoms. The number of aromatic nitrogens is 2. The predicted molar refractivity (Wildman–Crippen MR) is 95.9 cm³/mol. The number of hydrogen-bond acceptors (Lipinski definition) is 6. The number of aryl methyl sites for hydroxylation is 1. The number of esters is 1. The topological polar surface area (TPSA) is 85.5 Å². The minimum absolute atomic E-state index is 0.111. The molecule has 3 heterocycles. The van der Waals surface area contributed by atoms with Crippen molar-refractivity contribution in [1.82, 2.24) is 15.0 Å². The molecule has 0 bridgehead atoms. The first-order valence-corrected chi connectivity index (χ1v) is 9.15. The molecule has 7 nitrogen and oxygen atoms in total. The zero-order valence-corrected chi connectivity index (χ0v) is 15.7. The van der Waals surface area contributed by atoms with Crippen LogP contribution in [0.4, 0.5) is 0 Å². The summed E-state index contributed by atoms with van der Waals surface area (Å²) in [5.41, 5.74) is 2.36. The Bertz CT molecular complexity index is 828. The van der Waals surface area contributed by atoms with Crippen LogP contribution < -0.4 is 0 Å². The van der Waals surface area contributed by atoms with E-state index in [0.717, 1.165) is 18.5 Å². The Hall–Kier alpha value is -2.44. The minimum atomic E-state index is -0.266. The standard InChI is InChI=1S/C19H25N3O4/c1-5-25-19(24)13-7-6-8-22(10-13)18(23)14-9-15(11(2)3)20-17-16(14)12(4)21-26-17/h9,11,13H,5-8,10H2,1-4H3. The molecule has 0 spiro atoms. The fourth-order valence-electron chi connectivity index (χ4n) is 3.36. The number of ether oxygens (including phenoxy) is 1. The van der Waals surface area contributed by atoms with Gasteiger partial charge in [-0.3, -0.25) is 9.59 Å². The van der Waals surface area contributed by atoms with Crippen LogP contribution in [0, 0.1) is 12.8 Å². The van der Waals surface area contributed by atoms with Crippen molar-refractivity contribution in [2.75, 3.05) is 19.7 Å². The lowest BCUT2D eigenvalue weighted by molar-refractivity contribution is -0.149.